The van der Waals surface area contributed by atoms with E-state index >= 15 is 0 Å². The molecular weight excluding hydrogens is 585 g/mol. The number of rotatable bonds is 17. The van der Waals surface area contributed by atoms with Crippen molar-refractivity contribution < 1.29 is 62.2 Å². The van der Waals surface area contributed by atoms with Gasteiger partial charge >= 0.3 is 24.1 Å². The number of carboxylic acid groups (broad SMARTS) is 2. The zero-order chi connectivity index (χ0) is 33.2. The Morgan fingerprint density at radius 2 is 1.53 bits per heavy atom. The van der Waals surface area contributed by atoms with Gasteiger partial charge in [-0.15, -0.1) is 0 Å². The van der Waals surface area contributed by atoms with Gasteiger partial charge in [0, 0.05) is 13.3 Å². The molecule has 0 saturated heterocycles. The molecule has 0 spiro atoms. The zero-order valence-electron chi connectivity index (χ0n) is 24.2. The van der Waals surface area contributed by atoms with Crippen LogP contribution in [-0.2, 0) is 28.7 Å². The number of hydrogen-bond acceptors (Lipinski definition) is 9. The van der Waals surface area contributed by atoms with Crippen molar-refractivity contribution >= 4 is 29.8 Å². The Bertz CT molecular complexity index is 958. The van der Waals surface area contributed by atoms with Crippen LogP contribution in [0, 0.1) is 0 Å². The molecule has 0 aromatic rings. The fourth-order valence-corrected chi connectivity index (χ4v) is 3.96. The van der Waals surface area contributed by atoms with E-state index in [9.17, 15) is 42.9 Å². The summed E-state index contributed by atoms with van der Waals surface area (Å²) in [5, 5.41) is 40.1. The first-order chi connectivity index (χ1) is 20.0. The minimum absolute atomic E-state index is 0.186. The minimum Gasteiger partial charge on any atom is -0.478 e. The molecule has 0 saturated carbocycles. The molecule has 0 aliphatic carbocycles. The number of carboxylic acids is 2. The quantitative estimate of drug-likeness (QED) is 0.0522. The molecule has 1 rings (SSSR count). The number of alkyl halides is 3. The molecule has 9 N–H and O–H groups in total. The van der Waals surface area contributed by atoms with Gasteiger partial charge in [-0.1, -0.05) is 58.3 Å². The number of amides is 1. The number of esters is 1. The average molecular weight is 629 g/mol. The van der Waals surface area contributed by atoms with Gasteiger partial charge < -0.3 is 46.7 Å². The van der Waals surface area contributed by atoms with E-state index < -0.39 is 72.8 Å². The second-order valence-corrected chi connectivity index (χ2v) is 9.81. The lowest BCUT2D eigenvalue weighted by atomic mass is 9.92. The van der Waals surface area contributed by atoms with Crippen molar-refractivity contribution in [3.8, 4) is 0 Å². The first-order valence-electron chi connectivity index (χ1n) is 13.8. The Hall–Kier alpha value is -3.60. The number of nitrogens with zero attached hydrogens (tertiary/aromatic N) is 1. The lowest BCUT2D eigenvalue weighted by molar-refractivity contribution is -0.192. The van der Waals surface area contributed by atoms with Gasteiger partial charge in [-0.25, -0.2) is 14.6 Å². The Labute approximate surface area is 247 Å². The molecule has 1 heterocycles. The first-order valence-corrected chi connectivity index (χ1v) is 13.8. The van der Waals surface area contributed by atoms with Gasteiger partial charge in [-0.3, -0.25) is 9.59 Å². The van der Waals surface area contributed by atoms with Gasteiger partial charge in [0.05, 0.1) is 12.1 Å². The molecule has 0 fully saturated rings. The molecule has 0 aromatic carbocycles. The van der Waals surface area contributed by atoms with Crippen LogP contribution >= 0.6 is 0 Å². The fraction of sp³-hybridized carbons (Fsp3) is 0.731. The number of guanidine groups is 1. The summed E-state index contributed by atoms with van der Waals surface area (Å²) < 4.78 is 42.2. The van der Waals surface area contributed by atoms with Crippen molar-refractivity contribution in [1.82, 2.24) is 5.32 Å². The van der Waals surface area contributed by atoms with Crippen LogP contribution in [0.4, 0.5) is 13.2 Å². The molecule has 248 valence electrons. The number of hydrogen-bond donors (Lipinski definition) is 7. The maximum atomic E-state index is 12.0. The summed E-state index contributed by atoms with van der Waals surface area (Å²) in [5.41, 5.74) is 10.8. The van der Waals surface area contributed by atoms with Crippen LogP contribution in [0.2, 0.25) is 0 Å². The van der Waals surface area contributed by atoms with Crippen LogP contribution in [-0.4, -0.2) is 93.4 Å². The van der Waals surface area contributed by atoms with E-state index in [0.29, 0.717) is 6.42 Å². The second kappa shape index (κ2) is 20.3. The Kier molecular flexibility index (Phi) is 18.6. The Morgan fingerprint density at radius 3 is 1.98 bits per heavy atom. The monoisotopic (exact) mass is 628 g/mol. The van der Waals surface area contributed by atoms with E-state index in [1.54, 1.807) is 0 Å². The van der Waals surface area contributed by atoms with Crippen LogP contribution in [0.15, 0.2) is 16.8 Å². The lowest BCUT2D eigenvalue weighted by Crippen LogP contribution is -2.60. The maximum absolute atomic E-state index is 12.0. The zero-order valence-corrected chi connectivity index (χ0v) is 24.2. The molecule has 17 heteroatoms. The van der Waals surface area contributed by atoms with Crippen LogP contribution in [0.25, 0.3) is 0 Å². The summed E-state index contributed by atoms with van der Waals surface area (Å²) in [6, 6.07) is -2.19. The normalized spacial score (nSPS) is 19.3. The number of aliphatic imine (C=N–C) groups is 1. The number of aliphatic hydroxyl groups is 2. The van der Waals surface area contributed by atoms with Gasteiger partial charge in [0.2, 0.25) is 11.7 Å². The third-order valence-corrected chi connectivity index (χ3v) is 6.06. The summed E-state index contributed by atoms with van der Waals surface area (Å²) in [7, 11) is 0. The van der Waals surface area contributed by atoms with E-state index in [1.165, 1.54) is 39.0 Å². The molecule has 1 amide bonds. The van der Waals surface area contributed by atoms with Crippen molar-refractivity contribution in [1.29, 1.82) is 0 Å². The molecule has 0 aromatic heterocycles. The molecular formula is C26H43F3N4O10. The number of nitrogens with one attached hydrogen (secondary N) is 1. The number of aliphatic hydroxyl groups excluding tert-OH is 2. The predicted molar refractivity (Wildman–Crippen MR) is 146 cm³/mol. The van der Waals surface area contributed by atoms with E-state index in [-0.39, 0.29) is 12.4 Å². The number of carbonyl (C=O) groups excluding carboxylic acids is 2. The van der Waals surface area contributed by atoms with Gasteiger partial charge in [0.1, 0.15) is 24.9 Å². The number of ether oxygens (including phenoxy) is 2. The molecule has 1 aliphatic heterocycles. The lowest BCUT2D eigenvalue weighted by Gasteiger charge is -2.38. The van der Waals surface area contributed by atoms with Crippen LogP contribution in [0.5, 0.6) is 0 Å². The summed E-state index contributed by atoms with van der Waals surface area (Å²) in [6.07, 6.45) is 1.31. The molecule has 0 radical (unpaired) electrons. The molecule has 14 nitrogen and oxygen atoms in total. The molecule has 43 heavy (non-hydrogen) atoms. The van der Waals surface area contributed by atoms with Gasteiger partial charge in [-0.05, 0) is 12.5 Å². The predicted octanol–water partition coefficient (Wildman–Crippen LogP) is 1.32. The summed E-state index contributed by atoms with van der Waals surface area (Å²) >= 11 is 0. The summed E-state index contributed by atoms with van der Waals surface area (Å²) in [5.74, 6) is -6.19. The average Bonchev–Trinajstić information content (AvgIpc) is 2.90. The van der Waals surface area contributed by atoms with Crippen molar-refractivity contribution in [2.75, 3.05) is 6.61 Å². The Balaban J connectivity index is 0.00000223. The third-order valence-electron chi connectivity index (χ3n) is 6.06. The second-order valence-electron chi connectivity index (χ2n) is 9.81. The van der Waals surface area contributed by atoms with Gasteiger partial charge in [0.15, 0.2) is 5.96 Å². The molecule has 1 aliphatic rings. The van der Waals surface area contributed by atoms with Crippen LogP contribution in [0.3, 0.4) is 0 Å². The highest BCUT2D eigenvalue weighted by molar-refractivity contribution is 5.85. The SMILES string of the molecule is CCCCCCCCCCCC(=O)OCC(O)C(O)[C@@H]1OC(C(=O)O)=CC(N=C(N)N)C1NC(C)=O.O=C(O)C(F)(F)F. The van der Waals surface area contributed by atoms with E-state index in [0.717, 1.165) is 25.3 Å². The number of aliphatic carboxylic acids is 2. The third kappa shape index (κ3) is 17.2. The van der Waals surface area contributed by atoms with Crippen molar-refractivity contribution in [3.05, 3.63) is 11.8 Å². The first kappa shape index (κ1) is 39.4. The number of carbonyl (C=O) groups is 4. The number of nitrogens with two attached hydrogens (primary N) is 2. The highest BCUT2D eigenvalue weighted by atomic mass is 19.4. The van der Waals surface area contributed by atoms with Gasteiger partial charge in [0.25, 0.3) is 0 Å². The van der Waals surface area contributed by atoms with Crippen LogP contribution in [0.1, 0.15) is 78.1 Å². The summed E-state index contributed by atoms with van der Waals surface area (Å²) in [6.45, 7) is 2.85. The van der Waals surface area contributed by atoms with Crippen molar-refractivity contribution in [3.63, 3.8) is 0 Å². The molecule has 4 unspecified atom stereocenters. The minimum atomic E-state index is -5.08. The van der Waals surface area contributed by atoms with Crippen LogP contribution < -0.4 is 16.8 Å². The maximum Gasteiger partial charge on any atom is 0.490 e. The topological polar surface area (TPSA) is 244 Å². The van der Waals surface area contributed by atoms with Crippen molar-refractivity contribution in [2.24, 2.45) is 16.5 Å². The van der Waals surface area contributed by atoms with Gasteiger partial charge in [-0.2, -0.15) is 13.2 Å². The highest BCUT2D eigenvalue weighted by Gasteiger charge is 2.44. The van der Waals surface area contributed by atoms with Crippen molar-refractivity contribution in [2.45, 2.75) is 115 Å². The van der Waals surface area contributed by atoms with E-state index in [2.05, 4.69) is 17.2 Å². The van der Waals surface area contributed by atoms with E-state index in [1.807, 2.05) is 0 Å². The molecule has 0 bridgehead atoms. The smallest absolute Gasteiger partial charge is 0.478 e. The Morgan fingerprint density at radius 1 is 1.02 bits per heavy atom. The summed E-state index contributed by atoms with van der Waals surface area (Å²) in [4.78, 5) is 48.0. The largest absolute Gasteiger partial charge is 0.490 e. The molecule has 5 atom stereocenters. The number of halogens is 3. The highest BCUT2D eigenvalue weighted by Crippen LogP contribution is 2.25. The fourth-order valence-electron chi connectivity index (χ4n) is 3.96. The number of unbranched alkanes of at least 4 members (excludes halogenated alkanes) is 8. The standard InChI is InChI=1S/C24H42N4O8.C2HF3O2/c1-3-4-5-6-7-8-9-10-11-12-19(31)35-14-17(30)21(32)22-20(27-15(2)29)16(28-24(25)26)13-18(36-22)23(33)34;3-2(4,5)1(6)7/h13,16-17,20-22,30,32H,3-12,14H2,1-2H3,(H,27,29)(H,33,34)(H4,25,26,28);(H,6,7)/t16?,17?,20?,21?,22-;/m1./s1. The van der Waals surface area contributed by atoms with E-state index in [4.69, 9.17) is 30.8 Å².